The third-order valence-corrected chi connectivity index (χ3v) is 8.03. The second kappa shape index (κ2) is 5.57. The fraction of sp³-hybridized carbons (Fsp3) is 0.810. The van der Waals surface area contributed by atoms with Crippen LogP contribution in [0.2, 0.25) is 0 Å². The third kappa shape index (κ3) is 2.36. The Kier molecular flexibility index (Phi) is 4.09. The van der Waals surface area contributed by atoms with E-state index in [-0.39, 0.29) is 16.7 Å². The normalized spacial score (nSPS) is 45.9. The van der Waals surface area contributed by atoms with Crippen molar-refractivity contribution in [2.24, 2.45) is 34.0 Å². The molecular formula is C21H32O2. The van der Waals surface area contributed by atoms with Gasteiger partial charge in [0.05, 0.1) is 0 Å². The van der Waals surface area contributed by atoms with Crippen LogP contribution in [0.5, 0.6) is 0 Å². The lowest BCUT2D eigenvalue weighted by molar-refractivity contribution is -0.159. The Balaban J connectivity index is 2.08. The van der Waals surface area contributed by atoms with Crippen LogP contribution in [0.1, 0.15) is 72.6 Å². The van der Waals surface area contributed by atoms with Crippen molar-refractivity contribution in [2.75, 3.05) is 0 Å². The smallest absolute Gasteiger partial charge is 0.145 e. The van der Waals surface area contributed by atoms with E-state index in [0.29, 0.717) is 17.3 Å². The minimum Gasteiger partial charge on any atom is -0.303 e. The Morgan fingerprint density at radius 1 is 1.09 bits per heavy atom. The summed E-state index contributed by atoms with van der Waals surface area (Å²) in [6.07, 6.45) is 12.1. The van der Waals surface area contributed by atoms with E-state index in [1.54, 1.807) is 0 Å². The molecule has 5 atom stereocenters. The Morgan fingerprint density at radius 3 is 2.48 bits per heavy atom. The fourth-order valence-corrected chi connectivity index (χ4v) is 6.81. The summed E-state index contributed by atoms with van der Waals surface area (Å²) >= 11 is 0. The van der Waals surface area contributed by atoms with E-state index < -0.39 is 0 Å². The van der Waals surface area contributed by atoms with Crippen molar-refractivity contribution in [2.45, 2.75) is 72.6 Å². The Bertz CT molecular complexity index is 532. The first-order valence-electron chi connectivity index (χ1n) is 9.41. The summed E-state index contributed by atoms with van der Waals surface area (Å²) in [4.78, 5) is 23.7. The lowest BCUT2D eigenvalue weighted by atomic mass is 9.41. The molecule has 3 aliphatic rings. The zero-order chi connectivity index (χ0) is 16.9. The minimum absolute atomic E-state index is 0.226. The van der Waals surface area contributed by atoms with Gasteiger partial charge in [-0.15, -0.1) is 0 Å². The highest BCUT2D eigenvalue weighted by Gasteiger charge is 2.61. The molecule has 0 aromatic heterocycles. The van der Waals surface area contributed by atoms with E-state index in [2.05, 4.69) is 33.8 Å². The van der Waals surface area contributed by atoms with E-state index in [0.717, 1.165) is 31.1 Å². The van der Waals surface area contributed by atoms with Crippen molar-refractivity contribution in [3.8, 4) is 0 Å². The highest BCUT2D eigenvalue weighted by atomic mass is 16.1. The summed E-state index contributed by atoms with van der Waals surface area (Å²) in [5, 5.41) is 0. The molecule has 3 aliphatic carbocycles. The predicted octanol–water partition coefficient (Wildman–Crippen LogP) is 4.97. The van der Waals surface area contributed by atoms with E-state index in [1.807, 2.05) is 0 Å². The summed E-state index contributed by atoms with van der Waals surface area (Å²) in [5.74, 6) is 1.35. The lowest BCUT2D eigenvalue weighted by Crippen LogP contribution is -2.57. The molecule has 2 fully saturated rings. The second-order valence-electron chi connectivity index (χ2n) is 9.46. The fourth-order valence-electron chi connectivity index (χ4n) is 6.81. The molecule has 2 nitrogen and oxygen atoms in total. The van der Waals surface area contributed by atoms with Crippen LogP contribution in [0.15, 0.2) is 11.6 Å². The first-order valence-corrected chi connectivity index (χ1v) is 9.41. The van der Waals surface area contributed by atoms with Crippen LogP contribution in [0, 0.1) is 34.0 Å². The molecule has 23 heavy (non-hydrogen) atoms. The number of carbonyl (C=O) groups is 2. The van der Waals surface area contributed by atoms with Crippen LogP contribution in [0.3, 0.4) is 0 Å². The third-order valence-electron chi connectivity index (χ3n) is 8.03. The second-order valence-corrected chi connectivity index (χ2v) is 9.46. The van der Waals surface area contributed by atoms with Crippen LogP contribution >= 0.6 is 0 Å². The number of rotatable bonds is 2. The van der Waals surface area contributed by atoms with Gasteiger partial charge in [0, 0.05) is 5.41 Å². The van der Waals surface area contributed by atoms with Gasteiger partial charge < -0.3 is 4.79 Å². The summed E-state index contributed by atoms with van der Waals surface area (Å²) in [6.45, 7) is 9.50. The van der Waals surface area contributed by atoms with Gasteiger partial charge in [0.2, 0.25) is 0 Å². The first kappa shape index (κ1) is 16.9. The molecule has 128 valence electrons. The topological polar surface area (TPSA) is 34.1 Å². The molecule has 3 rings (SSSR count). The minimum atomic E-state index is -0.236. The van der Waals surface area contributed by atoms with Gasteiger partial charge in [-0.1, -0.05) is 40.2 Å². The van der Waals surface area contributed by atoms with E-state index in [4.69, 9.17) is 0 Å². The highest BCUT2D eigenvalue weighted by Crippen LogP contribution is 2.67. The molecule has 0 amide bonds. The summed E-state index contributed by atoms with van der Waals surface area (Å²) in [5.41, 5.74) is 1.27. The SMILES string of the molecule is CC1CC(C=O)=CCC2C3(C)CCCC(C)(C)C3CCC12C=O. The molecule has 0 N–H and O–H groups in total. The molecule has 0 heterocycles. The van der Waals surface area contributed by atoms with Crippen molar-refractivity contribution < 1.29 is 9.59 Å². The molecule has 0 spiro atoms. The summed E-state index contributed by atoms with van der Waals surface area (Å²) in [6, 6.07) is 0. The monoisotopic (exact) mass is 316 g/mol. The number of aldehydes is 2. The molecule has 0 aliphatic heterocycles. The molecule has 0 aromatic rings. The lowest BCUT2D eigenvalue weighted by Gasteiger charge is -2.63. The van der Waals surface area contributed by atoms with Gasteiger partial charge in [-0.05, 0) is 72.7 Å². The van der Waals surface area contributed by atoms with E-state index >= 15 is 0 Å². The predicted molar refractivity (Wildman–Crippen MR) is 93.0 cm³/mol. The number of hydrogen-bond donors (Lipinski definition) is 0. The summed E-state index contributed by atoms with van der Waals surface area (Å²) < 4.78 is 0. The Morgan fingerprint density at radius 2 is 1.83 bits per heavy atom. The Labute approximate surface area is 141 Å². The van der Waals surface area contributed by atoms with Crippen LogP contribution in [0.4, 0.5) is 0 Å². The largest absolute Gasteiger partial charge is 0.303 e. The highest BCUT2D eigenvalue weighted by molar-refractivity contribution is 5.74. The average Bonchev–Trinajstić information content (AvgIpc) is 2.64. The molecular weight excluding hydrogens is 284 g/mol. The van der Waals surface area contributed by atoms with Crippen molar-refractivity contribution >= 4 is 12.6 Å². The molecule has 0 saturated heterocycles. The van der Waals surface area contributed by atoms with Gasteiger partial charge in [0.15, 0.2) is 0 Å². The molecule has 0 bridgehead atoms. The number of carbonyl (C=O) groups excluding carboxylic acids is 2. The van der Waals surface area contributed by atoms with Crippen LogP contribution in [0.25, 0.3) is 0 Å². The van der Waals surface area contributed by atoms with Gasteiger partial charge in [0.1, 0.15) is 12.6 Å². The number of hydrogen-bond acceptors (Lipinski definition) is 2. The van der Waals surface area contributed by atoms with Gasteiger partial charge >= 0.3 is 0 Å². The van der Waals surface area contributed by atoms with Crippen molar-refractivity contribution in [1.82, 2.24) is 0 Å². The van der Waals surface area contributed by atoms with Crippen molar-refractivity contribution in [3.63, 3.8) is 0 Å². The van der Waals surface area contributed by atoms with Gasteiger partial charge in [-0.3, -0.25) is 4.79 Å². The van der Waals surface area contributed by atoms with E-state index in [1.165, 1.54) is 32.0 Å². The molecule has 2 heteroatoms. The van der Waals surface area contributed by atoms with Crippen LogP contribution in [-0.4, -0.2) is 12.6 Å². The van der Waals surface area contributed by atoms with Crippen molar-refractivity contribution in [3.05, 3.63) is 11.6 Å². The van der Waals surface area contributed by atoms with E-state index in [9.17, 15) is 9.59 Å². The van der Waals surface area contributed by atoms with Gasteiger partial charge in [-0.25, -0.2) is 0 Å². The van der Waals surface area contributed by atoms with Crippen LogP contribution < -0.4 is 0 Å². The molecule has 0 aromatic carbocycles. The molecule has 0 radical (unpaired) electrons. The summed E-state index contributed by atoms with van der Waals surface area (Å²) in [7, 11) is 0. The molecule has 5 unspecified atom stereocenters. The Hall–Kier alpha value is -0.920. The maximum Gasteiger partial charge on any atom is 0.145 e. The maximum atomic E-state index is 12.3. The first-order chi connectivity index (χ1) is 10.8. The average molecular weight is 316 g/mol. The number of fused-ring (bicyclic) bond motifs is 3. The van der Waals surface area contributed by atoms with Crippen LogP contribution in [-0.2, 0) is 9.59 Å². The zero-order valence-corrected chi connectivity index (χ0v) is 15.2. The number of allylic oxidation sites excluding steroid dienone is 2. The zero-order valence-electron chi connectivity index (χ0n) is 15.2. The molecule has 2 saturated carbocycles. The van der Waals surface area contributed by atoms with Crippen molar-refractivity contribution in [1.29, 1.82) is 0 Å². The maximum absolute atomic E-state index is 12.3. The van der Waals surface area contributed by atoms with Gasteiger partial charge in [0.25, 0.3) is 0 Å². The quantitative estimate of drug-likeness (QED) is 0.674. The van der Waals surface area contributed by atoms with Gasteiger partial charge in [-0.2, -0.15) is 0 Å². The standard InChI is InChI=1S/C21H32O2/c1-15-12-16(13-22)6-7-18-20(4)10-5-9-19(2,3)17(20)8-11-21(15,18)14-23/h6,13-15,17-18H,5,7-12H2,1-4H3.